The van der Waals surface area contributed by atoms with Gasteiger partial charge in [-0.05, 0) is 37.3 Å². The number of nitrogens with zero attached hydrogens (tertiary/aromatic N) is 1. The van der Waals surface area contributed by atoms with Crippen molar-refractivity contribution < 1.29 is 9.13 Å². The highest BCUT2D eigenvalue weighted by Crippen LogP contribution is 2.38. The first-order chi connectivity index (χ1) is 9.28. The average Bonchev–Trinajstić information content (AvgIpc) is 3.16. The Morgan fingerprint density at radius 1 is 1.37 bits per heavy atom. The van der Waals surface area contributed by atoms with E-state index < -0.39 is 0 Å². The van der Waals surface area contributed by atoms with Crippen LogP contribution in [0.1, 0.15) is 30.4 Å². The molecule has 1 aliphatic heterocycles. The maximum Gasteiger partial charge on any atom is 0.129 e. The number of nitriles is 1. The molecular formula is C15H17FN2O. The van der Waals surface area contributed by atoms with E-state index >= 15 is 0 Å². The van der Waals surface area contributed by atoms with E-state index in [1.807, 2.05) is 6.07 Å². The standard InChI is InChI=1S/C15H17FN2O/c16-13-7-10(8-17)1-2-12(13)9-18-14-5-6-19-15(14)11-3-4-11/h1-2,7,11,14-15,18H,3-6,9H2. The molecule has 1 aromatic carbocycles. The minimum absolute atomic E-state index is 0.307. The van der Waals surface area contributed by atoms with Crippen molar-refractivity contribution in [3.8, 4) is 6.07 Å². The van der Waals surface area contributed by atoms with Crippen LogP contribution < -0.4 is 5.32 Å². The fourth-order valence-corrected chi connectivity index (χ4v) is 2.72. The molecule has 2 fully saturated rings. The van der Waals surface area contributed by atoms with Gasteiger partial charge in [0.05, 0.1) is 17.7 Å². The van der Waals surface area contributed by atoms with Crippen LogP contribution >= 0.6 is 0 Å². The quantitative estimate of drug-likeness (QED) is 0.904. The molecule has 1 aliphatic carbocycles. The summed E-state index contributed by atoms with van der Waals surface area (Å²) in [6.45, 7) is 1.30. The molecule has 2 unspecified atom stereocenters. The van der Waals surface area contributed by atoms with Crippen molar-refractivity contribution in [3.05, 3.63) is 35.1 Å². The lowest BCUT2D eigenvalue weighted by molar-refractivity contribution is 0.0808. The van der Waals surface area contributed by atoms with Crippen LogP contribution in [0.3, 0.4) is 0 Å². The molecule has 3 nitrogen and oxygen atoms in total. The molecule has 19 heavy (non-hydrogen) atoms. The van der Waals surface area contributed by atoms with Crippen LogP contribution in [-0.2, 0) is 11.3 Å². The van der Waals surface area contributed by atoms with Gasteiger partial charge in [-0.1, -0.05) is 6.07 Å². The molecule has 1 heterocycles. The van der Waals surface area contributed by atoms with Crippen molar-refractivity contribution in [1.29, 1.82) is 5.26 Å². The van der Waals surface area contributed by atoms with Crippen molar-refractivity contribution in [2.45, 2.75) is 38.0 Å². The molecule has 0 amide bonds. The van der Waals surface area contributed by atoms with Gasteiger partial charge in [0, 0.05) is 24.8 Å². The van der Waals surface area contributed by atoms with Crippen LogP contribution in [0.4, 0.5) is 4.39 Å². The minimum Gasteiger partial charge on any atom is -0.376 e. The molecule has 2 atom stereocenters. The minimum atomic E-state index is -0.312. The van der Waals surface area contributed by atoms with Gasteiger partial charge >= 0.3 is 0 Å². The van der Waals surface area contributed by atoms with Gasteiger partial charge in [-0.2, -0.15) is 5.26 Å². The second-order valence-corrected chi connectivity index (χ2v) is 5.37. The van der Waals surface area contributed by atoms with E-state index in [0.717, 1.165) is 13.0 Å². The largest absolute Gasteiger partial charge is 0.376 e. The number of hydrogen-bond donors (Lipinski definition) is 1. The fraction of sp³-hybridized carbons (Fsp3) is 0.533. The summed E-state index contributed by atoms with van der Waals surface area (Å²) in [4.78, 5) is 0. The predicted molar refractivity (Wildman–Crippen MR) is 68.8 cm³/mol. The summed E-state index contributed by atoms with van der Waals surface area (Å²) in [6, 6.07) is 6.91. The topological polar surface area (TPSA) is 45.0 Å². The number of ether oxygens (including phenoxy) is 1. The highest BCUT2D eigenvalue weighted by atomic mass is 19.1. The van der Waals surface area contributed by atoms with Crippen molar-refractivity contribution >= 4 is 0 Å². The molecule has 0 aromatic heterocycles. The molecule has 1 aromatic rings. The predicted octanol–water partition coefficient (Wildman–Crippen LogP) is 2.35. The zero-order valence-electron chi connectivity index (χ0n) is 10.7. The second kappa shape index (κ2) is 5.28. The summed E-state index contributed by atoms with van der Waals surface area (Å²) in [7, 11) is 0. The Labute approximate surface area is 112 Å². The molecule has 4 heteroatoms. The van der Waals surface area contributed by atoms with Crippen LogP contribution in [0.5, 0.6) is 0 Å². The SMILES string of the molecule is N#Cc1ccc(CNC2CCOC2C2CC2)c(F)c1. The van der Waals surface area contributed by atoms with Crippen LogP contribution in [0.25, 0.3) is 0 Å². The molecule has 1 N–H and O–H groups in total. The molecule has 0 spiro atoms. The Bertz CT molecular complexity index is 507. The Morgan fingerprint density at radius 2 is 2.21 bits per heavy atom. The van der Waals surface area contributed by atoms with Crippen LogP contribution in [0.2, 0.25) is 0 Å². The Balaban J connectivity index is 1.61. The maximum absolute atomic E-state index is 13.8. The van der Waals surface area contributed by atoms with Gasteiger partial charge in [0.25, 0.3) is 0 Å². The smallest absolute Gasteiger partial charge is 0.129 e. The number of hydrogen-bond acceptors (Lipinski definition) is 3. The second-order valence-electron chi connectivity index (χ2n) is 5.37. The first kappa shape index (κ1) is 12.6. The number of benzene rings is 1. The van der Waals surface area contributed by atoms with E-state index in [0.29, 0.717) is 35.7 Å². The number of halogens is 1. The highest BCUT2D eigenvalue weighted by molar-refractivity contribution is 5.32. The summed E-state index contributed by atoms with van der Waals surface area (Å²) in [6.07, 6.45) is 3.82. The van der Waals surface area contributed by atoms with E-state index in [2.05, 4.69) is 5.32 Å². The molecule has 100 valence electrons. The van der Waals surface area contributed by atoms with E-state index in [9.17, 15) is 4.39 Å². The summed E-state index contributed by atoms with van der Waals surface area (Å²) in [5, 5.41) is 12.1. The van der Waals surface area contributed by atoms with Gasteiger partial charge in [-0.3, -0.25) is 0 Å². The lowest BCUT2D eigenvalue weighted by Gasteiger charge is -2.19. The zero-order chi connectivity index (χ0) is 13.2. The Hall–Kier alpha value is -1.44. The normalized spacial score (nSPS) is 26.3. The molecule has 0 radical (unpaired) electrons. The van der Waals surface area contributed by atoms with Gasteiger partial charge in [0.1, 0.15) is 5.82 Å². The lowest BCUT2D eigenvalue weighted by Crippen LogP contribution is -2.37. The maximum atomic E-state index is 13.8. The zero-order valence-corrected chi connectivity index (χ0v) is 10.7. The molecule has 3 rings (SSSR count). The van der Waals surface area contributed by atoms with Gasteiger partial charge < -0.3 is 10.1 Å². The molecule has 0 bridgehead atoms. The summed E-state index contributed by atoms with van der Waals surface area (Å²) < 4.78 is 19.5. The van der Waals surface area contributed by atoms with Crippen LogP contribution in [-0.4, -0.2) is 18.8 Å². The average molecular weight is 260 g/mol. The van der Waals surface area contributed by atoms with E-state index in [1.54, 1.807) is 12.1 Å². The van der Waals surface area contributed by atoms with Crippen molar-refractivity contribution in [2.75, 3.05) is 6.61 Å². The van der Waals surface area contributed by atoms with Gasteiger partial charge in [0.15, 0.2) is 0 Å². The third-order valence-electron chi connectivity index (χ3n) is 3.96. The molecule has 1 saturated heterocycles. The van der Waals surface area contributed by atoms with E-state index in [-0.39, 0.29) is 5.82 Å². The van der Waals surface area contributed by atoms with Gasteiger partial charge in [0.2, 0.25) is 0 Å². The van der Waals surface area contributed by atoms with Crippen molar-refractivity contribution in [1.82, 2.24) is 5.32 Å². The third-order valence-corrected chi connectivity index (χ3v) is 3.96. The van der Waals surface area contributed by atoms with Crippen LogP contribution in [0, 0.1) is 23.1 Å². The number of rotatable bonds is 4. The first-order valence-electron chi connectivity index (χ1n) is 6.81. The van der Waals surface area contributed by atoms with Crippen LogP contribution in [0.15, 0.2) is 18.2 Å². The highest BCUT2D eigenvalue weighted by Gasteiger charge is 2.40. The summed E-state index contributed by atoms with van der Waals surface area (Å²) in [5.41, 5.74) is 0.974. The summed E-state index contributed by atoms with van der Waals surface area (Å²) >= 11 is 0. The van der Waals surface area contributed by atoms with E-state index in [4.69, 9.17) is 10.00 Å². The lowest BCUT2D eigenvalue weighted by atomic mass is 10.1. The molecule has 1 saturated carbocycles. The third kappa shape index (κ3) is 2.78. The first-order valence-corrected chi connectivity index (χ1v) is 6.81. The summed E-state index contributed by atoms with van der Waals surface area (Å²) in [5.74, 6) is 0.388. The fourth-order valence-electron chi connectivity index (χ4n) is 2.72. The van der Waals surface area contributed by atoms with Crippen molar-refractivity contribution in [3.63, 3.8) is 0 Å². The molecular weight excluding hydrogens is 243 g/mol. The van der Waals surface area contributed by atoms with Crippen molar-refractivity contribution in [2.24, 2.45) is 5.92 Å². The van der Waals surface area contributed by atoms with E-state index in [1.165, 1.54) is 18.9 Å². The van der Waals surface area contributed by atoms with Gasteiger partial charge in [-0.15, -0.1) is 0 Å². The Morgan fingerprint density at radius 3 is 2.89 bits per heavy atom. The monoisotopic (exact) mass is 260 g/mol. The van der Waals surface area contributed by atoms with Gasteiger partial charge in [-0.25, -0.2) is 4.39 Å². The number of nitrogens with one attached hydrogen (secondary N) is 1. The Kier molecular flexibility index (Phi) is 3.50. The molecule has 2 aliphatic rings.